The molecule has 0 spiro atoms. The fourth-order valence-electron chi connectivity index (χ4n) is 3.04. The molecule has 0 aromatic carbocycles. The van der Waals surface area contributed by atoms with Crippen molar-refractivity contribution < 1.29 is 4.79 Å². The van der Waals surface area contributed by atoms with Gasteiger partial charge in [0.25, 0.3) is 0 Å². The van der Waals surface area contributed by atoms with E-state index in [1.54, 1.807) is 0 Å². The van der Waals surface area contributed by atoms with E-state index >= 15 is 0 Å². The van der Waals surface area contributed by atoms with Crippen LogP contribution in [0.3, 0.4) is 0 Å². The minimum absolute atomic E-state index is 0.118. The van der Waals surface area contributed by atoms with Crippen LogP contribution in [0, 0.1) is 0 Å². The lowest BCUT2D eigenvalue weighted by Crippen LogP contribution is -2.41. The molecule has 0 unspecified atom stereocenters. The third-order valence-electron chi connectivity index (χ3n) is 4.26. The van der Waals surface area contributed by atoms with Gasteiger partial charge in [-0.25, -0.2) is 0 Å². The second-order valence-electron chi connectivity index (χ2n) is 5.94. The quantitative estimate of drug-likeness (QED) is 0.607. The van der Waals surface area contributed by atoms with E-state index in [1.807, 2.05) is 0 Å². The molecule has 2 fully saturated rings. The minimum Gasteiger partial charge on any atom is -0.370 e. The number of hydrogen-bond donors (Lipinski definition) is 2. The normalized spacial score (nSPS) is 21.8. The Labute approximate surface area is 122 Å². The molecule has 0 bridgehead atoms. The Morgan fingerprint density at radius 3 is 2.45 bits per heavy atom. The SMILES string of the molecule is NC(=NCCC(=O)NC1CCCCC1)N1CCCCC1. The molecular formula is C15H28N4O. The van der Waals surface area contributed by atoms with E-state index in [0.29, 0.717) is 25.0 Å². The van der Waals surface area contributed by atoms with Gasteiger partial charge in [-0.15, -0.1) is 0 Å². The largest absolute Gasteiger partial charge is 0.370 e. The standard InChI is InChI=1S/C15H28N4O/c16-15(19-11-5-2-6-12-19)17-10-9-14(20)18-13-7-3-1-4-8-13/h13H,1-12H2,(H2,16,17)(H,18,20). The summed E-state index contributed by atoms with van der Waals surface area (Å²) < 4.78 is 0. The molecule has 1 aliphatic carbocycles. The van der Waals surface area contributed by atoms with E-state index in [1.165, 1.54) is 38.5 Å². The highest BCUT2D eigenvalue weighted by Crippen LogP contribution is 2.17. The molecule has 0 radical (unpaired) electrons. The lowest BCUT2D eigenvalue weighted by atomic mass is 9.95. The third-order valence-corrected chi connectivity index (χ3v) is 4.26. The number of amides is 1. The molecule has 1 amide bonds. The first-order valence-electron chi connectivity index (χ1n) is 8.10. The average molecular weight is 280 g/mol. The van der Waals surface area contributed by atoms with Gasteiger partial charge in [0.1, 0.15) is 0 Å². The highest BCUT2D eigenvalue weighted by molar-refractivity contribution is 5.79. The van der Waals surface area contributed by atoms with Gasteiger partial charge in [-0.1, -0.05) is 19.3 Å². The molecule has 1 saturated carbocycles. The van der Waals surface area contributed by atoms with E-state index in [0.717, 1.165) is 25.9 Å². The highest BCUT2D eigenvalue weighted by atomic mass is 16.1. The number of nitrogens with two attached hydrogens (primary N) is 1. The van der Waals surface area contributed by atoms with Gasteiger partial charge in [0.2, 0.25) is 5.91 Å². The number of carbonyl (C=O) groups excluding carboxylic acids is 1. The Balaban J connectivity index is 1.64. The fourth-order valence-corrected chi connectivity index (χ4v) is 3.04. The van der Waals surface area contributed by atoms with Gasteiger partial charge < -0.3 is 16.0 Å². The lowest BCUT2D eigenvalue weighted by Gasteiger charge is -2.27. The summed E-state index contributed by atoms with van der Waals surface area (Å²) in [7, 11) is 0. The van der Waals surface area contributed by atoms with Crippen molar-refractivity contribution >= 4 is 11.9 Å². The number of piperidine rings is 1. The van der Waals surface area contributed by atoms with Gasteiger partial charge in [0.05, 0.1) is 6.54 Å². The first-order valence-corrected chi connectivity index (χ1v) is 8.10. The second-order valence-corrected chi connectivity index (χ2v) is 5.94. The number of rotatable bonds is 4. The van der Waals surface area contributed by atoms with Crippen molar-refractivity contribution in [3.8, 4) is 0 Å². The van der Waals surface area contributed by atoms with Gasteiger partial charge in [-0.2, -0.15) is 0 Å². The van der Waals surface area contributed by atoms with Gasteiger partial charge in [0.15, 0.2) is 5.96 Å². The van der Waals surface area contributed by atoms with Gasteiger partial charge in [0, 0.05) is 25.6 Å². The number of carbonyl (C=O) groups is 1. The summed E-state index contributed by atoms with van der Waals surface area (Å²) in [6.45, 7) is 2.51. The van der Waals surface area contributed by atoms with Gasteiger partial charge in [-0.3, -0.25) is 9.79 Å². The Hall–Kier alpha value is -1.26. The topological polar surface area (TPSA) is 70.7 Å². The van der Waals surface area contributed by atoms with Crippen LogP contribution in [0.4, 0.5) is 0 Å². The highest BCUT2D eigenvalue weighted by Gasteiger charge is 2.15. The molecule has 0 aromatic heterocycles. The van der Waals surface area contributed by atoms with Gasteiger partial charge >= 0.3 is 0 Å². The van der Waals surface area contributed by atoms with E-state index in [4.69, 9.17) is 5.73 Å². The summed E-state index contributed by atoms with van der Waals surface area (Å²) in [4.78, 5) is 18.3. The fraction of sp³-hybridized carbons (Fsp3) is 0.867. The lowest BCUT2D eigenvalue weighted by molar-refractivity contribution is -0.121. The minimum atomic E-state index is 0.118. The monoisotopic (exact) mass is 280 g/mol. The number of aliphatic imine (C=N–C) groups is 1. The zero-order valence-electron chi connectivity index (χ0n) is 12.4. The van der Waals surface area contributed by atoms with Crippen LogP contribution in [0.2, 0.25) is 0 Å². The molecule has 5 heteroatoms. The number of nitrogens with zero attached hydrogens (tertiary/aromatic N) is 2. The van der Waals surface area contributed by atoms with Crippen molar-refractivity contribution in [2.75, 3.05) is 19.6 Å². The summed E-state index contributed by atoms with van der Waals surface area (Å²) in [5, 5.41) is 3.11. The predicted molar refractivity (Wildman–Crippen MR) is 81.5 cm³/mol. The molecule has 1 saturated heterocycles. The van der Waals surface area contributed by atoms with E-state index in [2.05, 4.69) is 15.2 Å². The maximum Gasteiger partial charge on any atom is 0.222 e. The predicted octanol–water partition coefficient (Wildman–Crippen LogP) is 1.63. The molecule has 3 N–H and O–H groups in total. The first kappa shape index (κ1) is 15.1. The smallest absolute Gasteiger partial charge is 0.222 e. The van der Waals surface area contributed by atoms with Crippen LogP contribution in [0.1, 0.15) is 57.8 Å². The molecule has 1 heterocycles. The summed E-state index contributed by atoms with van der Waals surface area (Å²) in [6.07, 6.45) is 10.2. The first-order chi connectivity index (χ1) is 9.75. The van der Waals surface area contributed by atoms with Crippen molar-refractivity contribution in [3.63, 3.8) is 0 Å². The number of hydrogen-bond acceptors (Lipinski definition) is 2. The van der Waals surface area contributed by atoms with Crippen LogP contribution in [0.25, 0.3) is 0 Å². The van der Waals surface area contributed by atoms with Crippen molar-refractivity contribution in [3.05, 3.63) is 0 Å². The van der Waals surface area contributed by atoms with E-state index in [-0.39, 0.29) is 5.91 Å². The summed E-state index contributed by atoms with van der Waals surface area (Å²) in [6, 6.07) is 0.389. The summed E-state index contributed by atoms with van der Waals surface area (Å²) in [5.41, 5.74) is 5.96. The van der Waals surface area contributed by atoms with Crippen LogP contribution in [-0.2, 0) is 4.79 Å². The molecule has 0 atom stereocenters. The number of nitrogens with one attached hydrogen (secondary N) is 1. The van der Waals surface area contributed by atoms with Crippen LogP contribution in [0.15, 0.2) is 4.99 Å². The van der Waals surface area contributed by atoms with Crippen LogP contribution in [0.5, 0.6) is 0 Å². The van der Waals surface area contributed by atoms with Crippen molar-refractivity contribution in [2.24, 2.45) is 10.7 Å². The maximum absolute atomic E-state index is 11.8. The zero-order chi connectivity index (χ0) is 14.2. The van der Waals surface area contributed by atoms with Crippen LogP contribution < -0.4 is 11.1 Å². The van der Waals surface area contributed by atoms with E-state index in [9.17, 15) is 4.79 Å². The third kappa shape index (κ3) is 5.02. The average Bonchev–Trinajstić information content (AvgIpc) is 2.49. The van der Waals surface area contributed by atoms with Crippen molar-refractivity contribution in [2.45, 2.75) is 63.8 Å². The van der Waals surface area contributed by atoms with Crippen LogP contribution >= 0.6 is 0 Å². The van der Waals surface area contributed by atoms with Crippen molar-refractivity contribution in [1.82, 2.24) is 10.2 Å². The molecule has 20 heavy (non-hydrogen) atoms. The molecular weight excluding hydrogens is 252 g/mol. The Bertz CT molecular complexity index is 331. The molecule has 2 rings (SSSR count). The Morgan fingerprint density at radius 1 is 1.10 bits per heavy atom. The molecule has 114 valence electrons. The molecule has 1 aliphatic heterocycles. The molecule has 0 aromatic rings. The summed E-state index contributed by atoms with van der Waals surface area (Å²) >= 11 is 0. The molecule has 2 aliphatic rings. The van der Waals surface area contributed by atoms with Crippen molar-refractivity contribution in [1.29, 1.82) is 0 Å². The van der Waals surface area contributed by atoms with Crippen LogP contribution in [-0.4, -0.2) is 42.4 Å². The number of guanidine groups is 1. The Morgan fingerprint density at radius 2 is 1.75 bits per heavy atom. The van der Waals surface area contributed by atoms with Gasteiger partial charge in [-0.05, 0) is 32.1 Å². The number of likely N-dealkylation sites (tertiary alicyclic amines) is 1. The Kier molecular flexibility index (Phi) is 6.15. The second kappa shape index (κ2) is 8.12. The van der Waals surface area contributed by atoms with E-state index < -0.39 is 0 Å². The molecule has 5 nitrogen and oxygen atoms in total. The summed E-state index contributed by atoms with van der Waals surface area (Å²) in [5.74, 6) is 0.724. The zero-order valence-corrected chi connectivity index (χ0v) is 12.4. The maximum atomic E-state index is 11.8.